The summed E-state index contributed by atoms with van der Waals surface area (Å²) in [7, 11) is 0. The number of hydrogen-bond acceptors (Lipinski definition) is 4. The Bertz CT molecular complexity index is 646. The maximum Gasteiger partial charge on any atom is 0.223 e. The number of nitrogens with two attached hydrogens (primary N) is 1. The number of ether oxygens (including phenoxy) is 1. The van der Waals surface area contributed by atoms with E-state index in [-0.39, 0.29) is 29.5 Å². The molecule has 1 heterocycles. The smallest absolute Gasteiger partial charge is 0.223 e. The van der Waals surface area contributed by atoms with Crippen molar-refractivity contribution in [2.75, 3.05) is 6.61 Å². The first-order valence-corrected chi connectivity index (χ1v) is 7.57. The average molecular weight is 324 g/mol. The largest absolute Gasteiger partial charge is 0.483 e. The lowest BCUT2D eigenvalue weighted by Crippen LogP contribution is -2.37. The highest BCUT2D eigenvalue weighted by atomic mass is 19.1. The highest BCUT2D eigenvalue weighted by Crippen LogP contribution is 2.46. The minimum Gasteiger partial charge on any atom is -0.483 e. The molecule has 23 heavy (non-hydrogen) atoms. The lowest BCUT2D eigenvalue weighted by atomic mass is 9.94. The van der Waals surface area contributed by atoms with Crippen molar-refractivity contribution in [2.45, 2.75) is 37.3 Å². The van der Waals surface area contributed by atoms with Crippen LogP contribution in [0.3, 0.4) is 0 Å². The van der Waals surface area contributed by atoms with Gasteiger partial charge >= 0.3 is 0 Å². The molecule has 1 aromatic carbocycles. The molecule has 0 unspecified atom stereocenters. The Hall–Kier alpha value is -2.02. The molecule has 5 nitrogen and oxygen atoms in total. The minimum absolute atomic E-state index is 0.0573. The molecule has 0 aromatic heterocycles. The lowest BCUT2D eigenvalue weighted by molar-refractivity contribution is -0.124. The summed E-state index contributed by atoms with van der Waals surface area (Å²) >= 11 is 0. The standard InChI is InChI=1S/C16H18F2N2O3/c17-10-1-2-14(11(18)6-10)23-8-13(21)12(19)5-9-7-16(3-4-16)20-15(9)22/h1-2,6,9,12H,3-5,7-8,19H2,(H,20,22)/t9-,12+/m1/s1. The quantitative estimate of drug-likeness (QED) is 0.826. The van der Waals surface area contributed by atoms with Gasteiger partial charge in [0.2, 0.25) is 5.91 Å². The van der Waals surface area contributed by atoms with Crippen LogP contribution in [-0.4, -0.2) is 29.9 Å². The first kappa shape index (κ1) is 15.9. The van der Waals surface area contributed by atoms with E-state index < -0.39 is 30.1 Å². The van der Waals surface area contributed by atoms with Gasteiger partial charge in [0.25, 0.3) is 0 Å². The number of Topliss-reactive ketones (excluding diaryl/α,β-unsaturated/α-hetero) is 1. The van der Waals surface area contributed by atoms with Gasteiger partial charge in [-0.3, -0.25) is 9.59 Å². The molecule has 1 aliphatic carbocycles. The van der Waals surface area contributed by atoms with Crippen LogP contribution in [0.15, 0.2) is 18.2 Å². The third-order valence-corrected chi connectivity index (χ3v) is 4.47. The number of halogens is 2. The maximum absolute atomic E-state index is 13.4. The third kappa shape index (κ3) is 3.50. The van der Waals surface area contributed by atoms with E-state index in [1.165, 1.54) is 0 Å². The molecule has 1 amide bonds. The summed E-state index contributed by atoms with van der Waals surface area (Å²) < 4.78 is 31.2. The van der Waals surface area contributed by atoms with Crippen molar-refractivity contribution in [3.8, 4) is 5.75 Å². The van der Waals surface area contributed by atoms with E-state index in [1.807, 2.05) is 0 Å². The highest BCUT2D eigenvalue weighted by molar-refractivity contribution is 5.87. The third-order valence-electron chi connectivity index (χ3n) is 4.47. The van der Waals surface area contributed by atoms with E-state index in [1.54, 1.807) is 0 Å². The zero-order chi connectivity index (χ0) is 16.6. The van der Waals surface area contributed by atoms with Crippen LogP contribution >= 0.6 is 0 Å². The molecule has 1 aromatic rings. The molecule has 1 saturated heterocycles. The highest BCUT2D eigenvalue weighted by Gasteiger charge is 2.52. The number of nitrogens with one attached hydrogen (secondary N) is 1. The number of amides is 1. The Morgan fingerprint density at radius 3 is 2.78 bits per heavy atom. The minimum atomic E-state index is -0.878. The topological polar surface area (TPSA) is 81.4 Å². The summed E-state index contributed by atoms with van der Waals surface area (Å²) in [4.78, 5) is 23.8. The molecular weight excluding hydrogens is 306 g/mol. The number of benzene rings is 1. The molecule has 2 fully saturated rings. The second-order valence-electron chi connectivity index (χ2n) is 6.34. The molecule has 1 saturated carbocycles. The van der Waals surface area contributed by atoms with Gasteiger partial charge in [-0.05, 0) is 37.8 Å². The summed E-state index contributed by atoms with van der Waals surface area (Å²) in [6.45, 7) is -0.413. The van der Waals surface area contributed by atoms with E-state index in [0.717, 1.165) is 25.0 Å². The van der Waals surface area contributed by atoms with Crippen molar-refractivity contribution < 1.29 is 23.1 Å². The fourth-order valence-corrected chi connectivity index (χ4v) is 2.94. The van der Waals surface area contributed by atoms with E-state index in [2.05, 4.69) is 5.32 Å². The Morgan fingerprint density at radius 2 is 2.17 bits per heavy atom. The number of rotatable bonds is 6. The van der Waals surface area contributed by atoms with Gasteiger partial charge in [-0.25, -0.2) is 8.78 Å². The summed E-state index contributed by atoms with van der Waals surface area (Å²) in [5.41, 5.74) is 5.77. The van der Waals surface area contributed by atoms with Crippen molar-refractivity contribution in [3.63, 3.8) is 0 Å². The molecule has 0 radical (unpaired) electrons. The molecule has 3 N–H and O–H groups in total. The fourth-order valence-electron chi connectivity index (χ4n) is 2.94. The van der Waals surface area contributed by atoms with Crippen LogP contribution in [0.4, 0.5) is 8.78 Å². The number of carbonyl (C=O) groups excluding carboxylic acids is 2. The molecule has 2 atom stereocenters. The Labute approximate surface area is 132 Å². The van der Waals surface area contributed by atoms with Gasteiger partial charge in [-0.1, -0.05) is 0 Å². The van der Waals surface area contributed by atoms with E-state index in [9.17, 15) is 18.4 Å². The zero-order valence-corrected chi connectivity index (χ0v) is 12.5. The van der Waals surface area contributed by atoms with Gasteiger partial charge < -0.3 is 15.8 Å². The van der Waals surface area contributed by atoms with Gasteiger partial charge in [0.05, 0.1) is 6.04 Å². The van der Waals surface area contributed by atoms with Gasteiger partial charge in [-0.15, -0.1) is 0 Å². The number of hydrogen-bond donors (Lipinski definition) is 2. The lowest BCUT2D eigenvalue weighted by Gasteiger charge is -2.14. The van der Waals surface area contributed by atoms with Crippen molar-refractivity contribution in [1.82, 2.24) is 5.32 Å². The van der Waals surface area contributed by atoms with Gasteiger partial charge in [0.1, 0.15) is 12.4 Å². The monoisotopic (exact) mass is 324 g/mol. The van der Waals surface area contributed by atoms with Gasteiger partial charge in [-0.2, -0.15) is 0 Å². The summed E-state index contributed by atoms with van der Waals surface area (Å²) in [5, 5.41) is 2.95. The van der Waals surface area contributed by atoms with E-state index >= 15 is 0 Å². The normalized spacial score (nSPS) is 22.7. The van der Waals surface area contributed by atoms with Crippen molar-refractivity contribution in [2.24, 2.45) is 11.7 Å². The van der Waals surface area contributed by atoms with Gasteiger partial charge in [0, 0.05) is 17.5 Å². The zero-order valence-electron chi connectivity index (χ0n) is 12.5. The van der Waals surface area contributed by atoms with Crippen LogP contribution in [0, 0.1) is 17.6 Å². The second kappa shape index (κ2) is 5.88. The molecule has 7 heteroatoms. The first-order chi connectivity index (χ1) is 10.9. The van der Waals surface area contributed by atoms with Crippen LogP contribution in [0.2, 0.25) is 0 Å². The van der Waals surface area contributed by atoms with E-state index in [0.29, 0.717) is 12.5 Å². The van der Waals surface area contributed by atoms with Crippen LogP contribution in [-0.2, 0) is 9.59 Å². The van der Waals surface area contributed by atoms with Crippen LogP contribution in [0.25, 0.3) is 0 Å². The molecule has 3 rings (SSSR count). The van der Waals surface area contributed by atoms with Crippen LogP contribution < -0.4 is 15.8 Å². The molecule has 1 spiro atoms. The molecule has 1 aliphatic heterocycles. The Morgan fingerprint density at radius 1 is 1.43 bits per heavy atom. The predicted molar refractivity (Wildman–Crippen MR) is 77.7 cm³/mol. The van der Waals surface area contributed by atoms with Gasteiger partial charge in [0.15, 0.2) is 17.3 Å². The van der Waals surface area contributed by atoms with E-state index in [4.69, 9.17) is 10.5 Å². The summed E-state index contributed by atoms with van der Waals surface area (Å²) in [5.74, 6) is -2.55. The average Bonchev–Trinajstić information content (AvgIpc) is 3.16. The molecular formula is C16H18F2N2O3. The first-order valence-electron chi connectivity index (χ1n) is 7.57. The summed E-state index contributed by atoms with van der Waals surface area (Å²) in [6.07, 6.45) is 2.92. The second-order valence-corrected chi connectivity index (χ2v) is 6.34. The van der Waals surface area contributed by atoms with Crippen molar-refractivity contribution in [3.05, 3.63) is 29.8 Å². The fraction of sp³-hybridized carbons (Fsp3) is 0.500. The molecule has 2 aliphatic rings. The molecule has 0 bridgehead atoms. The molecule has 124 valence electrons. The van der Waals surface area contributed by atoms with Crippen molar-refractivity contribution >= 4 is 11.7 Å². The van der Waals surface area contributed by atoms with Crippen LogP contribution in [0.5, 0.6) is 5.75 Å². The Kier molecular flexibility index (Phi) is 4.06. The van der Waals surface area contributed by atoms with Crippen LogP contribution in [0.1, 0.15) is 25.7 Å². The number of carbonyl (C=O) groups is 2. The van der Waals surface area contributed by atoms with Crippen molar-refractivity contribution in [1.29, 1.82) is 0 Å². The summed E-state index contributed by atoms with van der Waals surface area (Å²) in [6, 6.07) is 1.99. The Balaban J connectivity index is 1.50. The predicted octanol–water partition coefficient (Wildman–Crippen LogP) is 1.30. The maximum atomic E-state index is 13.4. The number of ketones is 1. The SMILES string of the molecule is N[C@@H](C[C@@H]1CC2(CC2)NC1=O)C(=O)COc1ccc(F)cc1F.